The van der Waals surface area contributed by atoms with Gasteiger partial charge in [0, 0.05) is 6.08 Å². The smallest absolute Gasteiger partial charge is 0.248 e. The van der Waals surface area contributed by atoms with Crippen molar-refractivity contribution in [3.8, 4) is 0 Å². The van der Waals surface area contributed by atoms with Gasteiger partial charge in [0.05, 0.1) is 0 Å². The molecule has 0 unspecified atom stereocenters. The standard InChI is InChI=1S/C15H11F2NO/c16-12-7-4-8-13(17)15(12)18-14(19)10-9-11-5-2-1-3-6-11/h1-10H,(H,18,19)/b10-9+. The van der Waals surface area contributed by atoms with E-state index in [1.54, 1.807) is 6.08 Å². The summed E-state index contributed by atoms with van der Waals surface area (Å²) >= 11 is 0. The van der Waals surface area contributed by atoms with E-state index in [1.165, 1.54) is 12.1 Å². The Morgan fingerprint density at radius 3 is 2.21 bits per heavy atom. The van der Waals surface area contributed by atoms with Crippen LogP contribution in [0.25, 0.3) is 6.08 Å². The van der Waals surface area contributed by atoms with E-state index in [0.29, 0.717) is 0 Å². The van der Waals surface area contributed by atoms with Crippen LogP contribution in [0.4, 0.5) is 14.5 Å². The van der Waals surface area contributed by atoms with E-state index >= 15 is 0 Å². The average Bonchev–Trinajstić information content (AvgIpc) is 2.42. The fraction of sp³-hybridized carbons (Fsp3) is 0. The van der Waals surface area contributed by atoms with Crippen molar-refractivity contribution < 1.29 is 13.6 Å². The predicted molar refractivity (Wildman–Crippen MR) is 70.5 cm³/mol. The minimum Gasteiger partial charge on any atom is -0.318 e. The molecule has 0 saturated heterocycles. The number of hydrogen-bond acceptors (Lipinski definition) is 1. The summed E-state index contributed by atoms with van der Waals surface area (Å²) in [4.78, 5) is 11.6. The van der Waals surface area contributed by atoms with Gasteiger partial charge >= 0.3 is 0 Å². The number of nitrogens with one attached hydrogen (secondary N) is 1. The van der Waals surface area contributed by atoms with E-state index < -0.39 is 23.2 Å². The van der Waals surface area contributed by atoms with Crippen LogP contribution in [-0.4, -0.2) is 5.91 Å². The normalized spacial score (nSPS) is 10.6. The van der Waals surface area contributed by atoms with Gasteiger partial charge in [-0.15, -0.1) is 0 Å². The zero-order valence-corrected chi connectivity index (χ0v) is 9.94. The Morgan fingerprint density at radius 1 is 0.947 bits per heavy atom. The van der Waals surface area contributed by atoms with Crippen LogP contribution in [0.3, 0.4) is 0 Å². The molecule has 0 atom stereocenters. The highest BCUT2D eigenvalue weighted by Crippen LogP contribution is 2.17. The van der Waals surface area contributed by atoms with E-state index in [9.17, 15) is 13.6 Å². The van der Waals surface area contributed by atoms with Gasteiger partial charge < -0.3 is 5.32 Å². The van der Waals surface area contributed by atoms with Gasteiger partial charge in [0.15, 0.2) is 0 Å². The molecule has 0 aliphatic carbocycles. The van der Waals surface area contributed by atoms with Crippen LogP contribution >= 0.6 is 0 Å². The van der Waals surface area contributed by atoms with Gasteiger partial charge in [-0.25, -0.2) is 8.78 Å². The molecule has 0 aliphatic heterocycles. The quantitative estimate of drug-likeness (QED) is 0.838. The molecular formula is C15H11F2NO. The Hall–Kier alpha value is -2.49. The number of benzene rings is 2. The van der Waals surface area contributed by atoms with Gasteiger partial charge in [-0.2, -0.15) is 0 Å². The van der Waals surface area contributed by atoms with Crippen LogP contribution in [0.2, 0.25) is 0 Å². The van der Waals surface area contributed by atoms with Gasteiger partial charge in [-0.05, 0) is 23.8 Å². The molecule has 2 aromatic carbocycles. The number of carbonyl (C=O) groups is 1. The second-order valence-corrected chi connectivity index (χ2v) is 3.83. The van der Waals surface area contributed by atoms with Crippen LogP contribution in [0, 0.1) is 11.6 Å². The van der Waals surface area contributed by atoms with Crippen LogP contribution in [0.5, 0.6) is 0 Å². The fourth-order valence-electron chi connectivity index (χ4n) is 1.52. The molecule has 1 amide bonds. The second-order valence-electron chi connectivity index (χ2n) is 3.83. The maximum atomic E-state index is 13.3. The Bertz CT molecular complexity index is 589. The molecule has 19 heavy (non-hydrogen) atoms. The third-order valence-electron chi connectivity index (χ3n) is 2.44. The molecular weight excluding hydrogens is 248 g/mol. The molecule has 96 valence electrons. The van der Waals surface area contributed by atoms with Crippen molar-refractivity contribution in [1.29, 1.82) is 0 Å². The molecule has 0 bridgehead atoms. The largest absolute Gasteiger partial charge is 0.318 e. The number of carbonyl (C=O) groups excluding carboxylic acids is 1. The number of hydrogen-bond donors (Lipinski definition) is 1. The molecule has 0 aromatic heterocycles. The SMILES string of the molecule is O=C(/C=C/c1ccccc1)Nc1c(F)cccc1F. The Morgan fingerprint density at radius 2 is 1.58 bits per heavy atom. The van der Waals surface area contributed by atoms with Crippen LogP contribution in [0.15, 0.2) is 54.6 Å². The fourth-order valence-corrected chi connectivity index (χ4v) is 1.52. The van der Waals surface area contributed by atoms with Crippen molar-refractivity contribution in [2.75, 3.05) is 5.32 Å². The summed E-state index contributed by atoms with van der Waals surface area (Å²) in [5.41, 5.74) is 0.386. The van der Waals surface area contributed by atoms with Crippen molar-refractivity contribution in [2.24, 2.45) is 0 Å². The third kappa shape index (κ3) is 3.48. The van der Waals surface area contributed by atoms with E-state index in [4.69, 9.17) is 0 Å². The molecule has 0 saturated carbocycles. The van der Waals surface area contributed by atoms with Crippen LogP contribution in [0.1, 0.15) is 5.56 Å². The summed E-state index contributed by atoms with van der Waals surface area (Å²) in [7, 11) is 0. The third-order valence-corrected chi connectivity index (χ3v) is 2.44. The monoisotopic (exact) mass is 259 g/mol. The van der Waals surface area contributed by atoms with Gasteiger partial charge in [0.1, 0.15) is 17.3 Å². The maximum absolute atomic E-state index is 13.3. The number of anilines is 1. The lowest BCUT2D eigenvalue weighted by Gasteiger charge is -2.04. The first-order valence-electron chi connectivity index (χ1n) is 5.65. The van der Waals surface area contributed by atoms with Gasteiger partial charge in [-0.3, -0.25) is 4.79 Å². The summed E-state index contributed by atoms with van der Waals surface area (Å²) in [6.07, 6.45) is 2.79. The highest BCUT2D eigenvalue weighted by molar-refractivity contribution is 6.02. The Balaban J connectivity index is 2.08. The summed E-state index contributed by atoms with van der Waals surface area (Å²) in [6, 6.07) is 12.5. The summed E-state index contributed by atoms with van der Waals surface area (Å²) in [5, 5.41) is 2.17. The Labute approximate surface area is 109 Å². The molecule has 0 heterocycles. The Kier molecular flexibility index (Phi) is 4.03. The van der Waals surface area contributed by atoms with Crippen molar-refractivity contribution >= 4 is 17.7 Å². The predicted octanol–water partition coefficient (Wildman–Crippen LogP) is 3.62. The first-order chi connectivity index (χ1) is 9.16. The minimum absolute atomic E-state index is 0.440. The molecule has 0 spiro atoms. The molecule has 2 aromatic rings. The van der Waals surface area contributed by atoms with Crippen molar-refractivity contribution in [1.82, 2.24) is 0 Å². The average molecular weight is 259 g/mol. The molecule has 2 rings (SSSR count). The number of rotatable bonds is 3. The lowest BCUT2D eigenvalue weighted by Crippen LogP contribution is -2.10. The van der Waals surface area contributed by atoms with Crippen LogP contribution in [-0.2, 0) is 4.79 Å². The molecule has 2 nitrogen and oxygen atoms in total. The topological polar surface area (TPSA) is 29.1 Å². The zero-order chi connectivity index (χ0) is 13.7. The van der Waals surface area contributed by atoms with Crippen molar-refractivity contribution in [3.05, 3.63) is 71.8 Å². The summed E-state index contributed by atoms with van der Waals surface area (Å²) < 4.78 is 26.6. The lowest BCUT2D eigenvalue weighted by atomic mass is 10.2. The van der Waals surface area contributed by atoms with E-state index in [-0.39, 0.29) is 0 Å². The molecule has 0 aliphatic rings. The van der Waals surface area contributed by atoms with Crippen molar-refractivity contribution in [2.45, 2.75) is 0 Å². The van der Waals surface area contributed by atoms with Gasteiger partial charge in [0.25, 0.3) is 0 Å². The molecule has 0 fully saturated rings. The molecule has 0 radical (unpaired) electrons. The molecule has 1 N–H and O–H groups in total. The van der Waals surface area contributed by atoms with Crippen molar-refractivity contribution in [3.63, 3.8) is 0 Å². The van der Waals surface area contributed by atoms with E-state index in [1.807, 2.05) is 30.3 Å². The van der Waals surface area contributed by atoms with E-state index in [0.717, 1.165) is 17.7 Å². The second kappa shape index (κ2) is 5.91. The molecule has 4 heteroatoms. The van der Waals surface area contributed by atoms with Crippen LogP contribution < -0.4 is 5.32 Å². The first-order valence-corrected chi connectivity index (χ1v) is 5.65. The van der Waals surface area contributed by atoms with Gasteiger partial charge in [0.2, 0.25) is 5.91 Å². The van der Waals surface area contributed by atoms with Gasteiger partial charge in [-0.1, -0.05) is 36.4 Å². The summed E-state index contributed by atoms with van der Waals surface area (Å²) in [5.74, 6) is -2.20. The maximum Gasteiger partial charge on any atom is 0.248 e. The first kappa shape index (κ1) is 13.0. The lowest BCUT2D eigenvalue weighted by molar-refractivity contribution is -0.111. The number of para-hydroxylation sites is 1. The summed E-state index contributed by atoms with van der Waals surface area (Å²) in [6.45, 7) is 0. The highest BCUT2D eigenvalue weighted by atomic mass is 19.1. The number of halogens is 2. The number of amides is 1. The zero-order valence-electron chi connectivity index (χ0n) is 9.94. The van der Waals surface area contributed by atoms with E-state index in [2.05, 4.69) is 5.32 Å². The highest BCUT2D eigenvalue weighted by Gasteiger charge is 2.09. The minimum atomic E-state index is -0.804.